The fourth-order valence-electron chi connectivity index (χ4n) is 4.70. The summed E-state index contributed by atoms with van der Waals surface area (Å²) in [7, 11) is 4.54. The van der Waals surface area contributed by atoms with Gasteiger partial charge in [0.1, 0.15) is 0 Å². The molecule has 0 amide bonds. The van der Waals surface area contributed by atoms with Gasteiger partial charge < -0.3 is 5.32 Å². The van der Waals surface area contributed by atoms with Crippen molar-refractivity contribution in [2.75, 3.05) is 20.6 Å². The average Bonchev–Trinajstić information content (AvgIpc) is 2.54. The first-order chi connectivity index (χ1) is 11.5. The molecule has 1 aliphatic rings. The number of hydrogen-bond acceptors (Lipinski definition) is 2. The highest BCUT2D eigenvalue weighted by molar-refractivity contribution is 5.38. The van der Waals surface area contributed by atoms with Crippen molar-refractivity contribution in [3.8, 4) is 0 Å². The van der Waals surface area contributed by atoms with Gasteiger partial charge in [-0.2, -0.15) is 0 Å². The van der Waals surface area contributed by atoms with Crippen molar-refractivity contribution >= 4 is 0 Å². The maximum atomic E-state index is 3.82. The van der Waals surface area contributed by atoms with E-state index in [0.29, 0.717) is 6.04 Å². The molecule has 1 aliphatic carbocycles. The SMILES string of the molecule is CCCCc1ccc(C2(N(C)C)CCC(C)CC2NCC)c(C)c1. The van der Waals surface area contributed by atoms with E-state index in [9.17, 15) is 0 Å². The lowest BCUT2D eigenvalue weighted by molar-refractivity contribution is 0.0404. The molecule has 0 heterocycles. The summed E-state index contributed by atoms with van der Waals surface area (Å²) in [6.07, 6.45) is 7.59. The molecule has 1 N–H and O–H groups in total. The van der Waals surface area contributed by atoms with Crippen molar-refractivity contribution in [3.63, 3.8) is 0 Å². The van der Waals surface area contributed by atoms with Crippen LogP contribution in [0.3, 0.4) is 0 Å². The van der Waals surface area contributed by atoms with E-state index in [-0.39, 0.29) is 5.54 Å². The molecule has 2 rings (SSSR count). The summed E-state index contributed by atoms with van der Waals surface area (Å²) < 4.78 is 0. The third-order valence-electron chi connectivity index (χ3n) is 6.06. The Bertz CT molecular complexity index is 523. The lowest BCUT2D eigenvalue weighted by Gasteiger charge is -2.51. The minimum absolute atomic E-state index is 0.121. The summed E-state index contributed by atoms with van der Waals surface area (Å²) in [5.74, 6) is 0.811. The molecule has 0 aromatic heterocycles. The van der Waals surface area contributed by atoms with Crippen LogP contribution >= 0.6 is 0 Å². The van der Waals surface area contributed by atoms with Gasteiger partial charge in [-0.15, -0.1) is 0 Å². The van der Waals surface area contributed by atoms with Crippen molar-refractivity contribution in [1.29, 1.82) is 0 Å². The fourth-order valence-corrected chi connectivity index (χ4v) is 4.70. The minimum atomic E-state index is 0.121. The average molecular weight is 331 g/mol. The maximum absolute atomic E-state index is 3.82. The fraction of sp³-hybridized carbons (Fsp3) is 0.727. The van der Waals surface area contributed by atoms with E-state index in [1.807, 2.05) is 0 Å². The molecule has 2 heteroatoms. The van der Waals surface area contributed by atoms with Gasteiger partial charge >= 0.3 is 0 Å². The summed E-state index contributed by atoms with van der Waals surface area (Å²) >= 11 is 0. The molecule has 136 valence electrons. The van der Waals surface area contributed by atoms with Gasteiger partial charge in [0.05, 0.1) is 5.54 Å². The first kappa shape index (κ1) is 19.5. The van der Waals surface area contributed by atoms with Gasteiger partial charge in [-0.25, -0.2) is 0 Å². The Kier molecular flexibility index (Phi) is 6.88. The van der Waals surface area contributed by atoms with Crippen molar-refractivity contribution in [2.24, 2.45) is 5.92 Å². The van der Waals surface area contributed by atoms with Gasteiger partial charge in [-0.3, -0.25) is 4.90 Å². The topological polar surface area (TPSA) is 15.3 Å². The van der Waals surface area contributed by atoms with Crippen LogP contribution in [0.1, 0.15) is 69.6 Å². The number of nitrogens with zero attached hydrogens (tertiary/aromatic N) is 1. The van der Waals surface area contributed by atoms with E-state index >= 15 is 0 Å². The molecule has 0 bridgehead atoms. The van der Waals surface area contributed by atoms with Gasteiger partial charge in [0.25, 0.3) is 0 Å². The van der Waals surface area contributed by atoms with Gasteiger partial charge in [-0.1, -0.05) is 45.4 Å². The molecule has 0 radical (unpaired) electrons. The van der Waals surface area contributed by atoms with Crippen molar-refractivity contribution in [3.05, 3.63) is 34.9 Å². The second kappa shape index (κ2) is 8.49. The molecule has 1 aromatic rings. The molecule has 2 nitrogen and oxygen atoms in total. The quantitative estimate of drug-likeness (QED) is 0.765. The maximum Gasteiger partial charge on any atom is 0.0612 e. The zero-order valence-electron chi connectivity index (χ0n) is 16.8. The van der Waals surface area contributed by atoms with Crippen LogP contribution in [-0.2, 0) is 12.0 Å². The van der Waals surface area contributed by atoms with Crippen LogP contribution < -0.4 is 5.32 Å². The minimum Gasteiger partial charge on any atom is -0.312 e. The summed E-state index contributed by atoms with van der Waals surface area (Å²) in [6, 6.07) is 7.78. The lowest BCUT2D eigenvalue weighted by Crippen LogP contribution is -2.59. The molecule has 0 saturated heterocycles. The number of aryl methyl sites for hydroxylation is 2. The molecule has 24 heavy (non-hydrogen) atoms. The smallest absolute Gasteiger partial charge is 0.0612 e. The largest absolute Gasteiger partial charge is 0.312 e. The van der Waals surface area contributed by atoms with Crippen LogP contribution in [0.15, 0.2) is 18.2 Å². The molecule has 1 fully saturated rings. The molecule has 3 unspecified atom stereocenters. The second-order valence-corrected chi connectivity index (χ2v) is 8.06. The van der Waals surface area contributed by atoms with E-state index in [2.05, 4.69) is 70.2 Å². The zero-order chi connectivity index (χ0) is 17.7. The predicted molar refractivity (Wildman–Crippen MR) is 106 cm³/mol. The van der Waals surface area contributed by atoms with Crippen LogP contribution in [-0.4, -0.2) is 31.6 Å². The number of nitrogens with one attached hydrogen (secondary N) is 1. The molecular formula is C22H38N2. The highest BCUT2D eigenvalue weighted by Crippen LogP contribution is 2.44. The normalized spacial score (nSPS) is 27.6. The summed E-state index contributed by atoms with van der Waals surface area (Å²) in [5.41, 5.74) is 4.62. The standard InChI is InChI=1S/C22H38N2/c1-7-9-10-19-11-12-20(18(4)16-19)22(24(5)6)14-13-17(3)15-21(22)23-8-2/h11-12,16-17,21,23H,7-10,13-15H2,1-6H3. The summed E-state index contributed by atoms with van der Waals surface area (Å²) in [6.45, 7) is 10.3. The highest BCUT2D eigenvalue weighted by atomic mass is 15.2. The Morgan fingerprint density at radius 1 is 1.25 bits per heavy atom. The van der Waals surface area contributed by atoms with E-state index in [0.717, 1.165) is 12.5 Å². The number of hydrogen-bond donors (Lipinski definition) is 1. The molecular weight excluding hydrogens is 292 g/mol. The molecule has 1 saturated carbocycles. The molecule has 1 aromatic carbocycles. The first-order valence-corrected chi connectivity index (χ1v) is 9.96. The highest BCUT2D eigenvalue weighted by Gasteiger charge is 2.46. The van der Waals surface area contributed by atoms with Crippen LogP contribution in [0.2, 0.25) is 0 Å². The Morgan fingerprint density at radius 3 is 2.58 bits per heavy atom. The van der Waals surface area contributed by atoms with Crippen LogP contribution in [0, 0.1) is 12.8 Å². The predicted octanol–water partition coefficient (Wildman–Crippen LogP) is 4.89. The lowest BCUT2D eigenvalue weighted by atomic mass is 9.67. The van der Waals surface area contributed by atoms with E-state index in [1.54, 1.807) is 0 Å². The zero-order valence-corrected chi connectivity index (χ0v) is 16.8. The summed E-state index contributed by atoms with van der Waals surface area (Å²) in [4.78, 5) is 2.49. The van der Waals surface area contributed by atoms with Gasteiger partial charge in [0.15, 0.2) is 0 Å². The number of benzene rings is 1. The monoisotopic (exact) mass is 330 g/mol. The Hall–Kier alpha value is -0.860. The third kappa shape index (κ3) is 3.86. The van der Waals surface area contributed by atoms with E-state index in [4.69, 9.17) is 0 Å². The number of rotatable bonds is 7. The summed E-state index contributed by atoms with van der Waals surface area (Å²) in [5, 5.41) is 3.82. The second-order valence-electron chi connectivity index (χ2n) is 8.06. The number of unbranched alkanes of at least 4 members (excludes halogenated alkanes) is 1. The van der Waals surface area contributed by atoms with Crippen molar-refractivity contribution in [1.82, 2.24) is 10.2 Å². The van der Waals surface area contributed by atoms with Crippen LogP contribution in [0.25, 0.3) is 0 Å². The van der Waals surface area contributed by atoms with Crippen molar-refractivity contribution in [2.45, 2.75) is 77.8 Å². The van der Waals surface area contributed by atoms with Crippen molar-refractivity contribution < 1.29 is 0 Å². The molecule has 3 atom stereocenters. The molecule has 0 spiro atoms. The number of likely N-dealkylation sites (N-methyl/N-ethyl adjacent to an activating group) is 2. The Balaban J connectivity index is 2.42. The Labute approximate surface area is 150 Å². The molecule has 0 aliphatic heterocycles. The Morgan fingerprint density at radius 2 is 2.00 bits per heavy atom. The van der Waals surface area contributed by atoms with Gasteiger partial charge in [0.2, 0.25) is 0 Å². The van der Waals surface area contributed by atoms with Crippen LogP contribution in [0.4, 0.5) is 0 Å². The first-order valence-electron chi connectivity index (χ1n) is 9.96. The third-order valence-corrected chi connectivity index (χ3v) is 6.06. The van der Waals surface area contributed by atoms with Gasteiger partial charge in [-0.05, 0) is 82.3 Å². The van der Waals surface area contributed by atoms with Gasteiger partial charge in [0, 0.05) is 6.04 Å². The van der Waals surface area contributed by atoms with E-state index in [1.165, 1.54) is 55.2 Å². The van der Waals surface area contributed by atoms with Crippen LogP contribution in [0.5, 0.6) is 0 Å². The van der Waals surface area contributed by atoms with E-state index < -0.39 is 0 Å².